The van der Waals surface area contributed by atoms with E-state index in [1.165, 1.54) is 0 Å². The standard InChI is InChI=1S/C16H24N2O3/c1-5-15(19)18(12(3)16(20)17-6-2)11-13-8-7-9-14(10-13)21-4/h7-10,12H,5-6,11H2,1-4H3,(H,17,20)/t12-/m1/s1. The number of rotatable bonds is 7. The Morgan fingerprint density at radius 1 is 1.33 bits per heavy atom. The Bertz CT molecular complexity index is 488. The molecule has 1 aromatic carbocycles. The molecule has 1 aromatic rings. The van der Waals surface area contributed by atoms with Crippen LogP contribution in [0.4, 0.5) is 0 Å². The first kappa shape index (κ1) is 17.0. The maximum atomic E-state index is 12.1. The molecule has 5 heteroatoms. The second-order valence-electron chi connectivity index (χ2n) is 4.80. The van der Waals surface area contributed by atoms with Gasteiger partial charge in [-0.1, -0.05) is 19.1 Å². The molecule has 0 fully saturated rings. The van der Waals surface area contributed by atoms with Crippen LogP contribution in [0.15, 0.2) is 24.3 Å². The minimum Gasteiger partial charge on any atom is -0.497 e. The molecule has 21 heavy (non-hydrogen) atoms. The number of hydrogen-bond acceptors (Lipinski definition) is 3. The number of hydrogen-bond donors (Lipinski definition) is 1. The second-order valence-corrected chi connectivity index (χ2v) is 4.80. The van der Waals surface area contributed by atoms with Crippen LogP contribution in [-0.4, -0.2) is 36.4 Å². The summed E-state index contributed by atoms with van der Waals surface area (Å²) in [5.74, 6) is 0.556. The molecule has 5 nitrogen and oxygen atoms in total. The zero-order chi connectivity index (χ0) is 15.8. The Kier molecular flexibility index (Phi) is 6.72. The number of carbonyl (C=O) groups is 2. The monoisotopic (exact) mass is 292 g/mol. The van der Waals surface area contributed by atoms with Gasteiger partial charge in [0, 0.05) is 19.5 Å². The SMILES string of the molecule is CCNC(=O)[C@@H](C)N(Cc1cccc(OC)c1)C(=O)CC. The normalized spacial score (nSPS) is 11.6. The highest BCUT2D eigenvalue weighted by molar-refractivity contribution is 5.87. The van der Waals surface area contributed by atoms with E-state index in [-0.39, 0.29) is 11.8 Å². The van der Waals surface area contributed by atoms with Gasteiger partial charge in [-0.3, -0.25) is 9.59 Å². The number of amides is 2. The highest BCUT2D eigenvalue weighted by Crippen LogP contribution is 2.16. The lowest BCUT2D eigenvalue weighted by molar-refractivity contribution is -0.140. The van der Waals surface area contributed by atoms with Gasteiger partial charge in [0.15, 0.2) is 0 Å². The van der Waals surface area contributed by atoms with Gasteiger partial charge in [-0.25, -0.2) is 0 Å². The van der Waals surface area contributed by atoms with Gasteiger partial charge >= 0.3 is 0 Å². The Balaban J connectivity index is 2.92. The summed E-state index contributed by atoms with van der Waals surface area (Å²) in [5, 5.41) is 2.76. The molecule has 0 saturated heterocycles. The minimum absolute atomic E-state index is 0.0448. The van der Waals surface area contributed by atoms with E-state index in [2.05, 4.69) is 5.32 Å². The summed E-state index contributed by atoms with van der Waals surface area (Å²) in [6.07, 6.45) is 0.369. The average molecular weight is 292 g/mol. The van der Waals surface area contributed by atoms with Crippen molar-refractivity contribution in [2.24, 2.45) is 0 Å². The van der Waals surface area contributed by atoms with Crippen molar-refractivity contribution in [2.45, 2.75) is 39.8 Å². The van der Waals surface area contributed by atoms with Crippen LogP contribution in [0.3, 0.4) is 0 Å². The molecule has 0 aromatic heterocycles. The van der Waals surface area contributed by atoms with Crippen LogP contribution in [0.5, 0.6) is 5.75 Å². The van der Waals surface area contributed by atoms with E-state index in [0.29, 0.717) is 19.5 Å². The van der Waals surface area contributed by atoms with E-state index in [0.717, 1.165) is 11.3 Å². The van der Waals surface area contributed by atoms with Crippen molar-refractivity contribution in [3.05, 3.63) is 29.8 Å². The number of likely N-dealkylation sites (N-methyl/N-ethyl adjacent to an activating group) is 1. The molecule has 0 aliphatic rings. The Morgan fingerprint density at radius 3 is 2.62 bits per heavy atom. The van der Waals surface area contributed by atoms with E-state index in [1.54, 1.807) is 25.9 Å². The van der Waals surface area contributed by atoms with Gasteiger partial charge in [0.1, 0.15) is 11.8 Å². The quantitative estimate of drug-likeness (QED) is 0.835. The molecule has 0 aliphatic carbocycles. The van der Waals surface area contributed by atoms with Crippen LogP contribution in [0.25, 0.3) is 0 Å². The molecule has 116 valence electrons. The minimum atomic E-state index is -0.497. The van der Waals surface area contributed by atoms with E-state index in [1.807, 2.05) is 31.2 Å². The van der Waals surface area contributed by atoms with Crippen LogP contribution >= 0.6 is 0 Å². The summed E-state index contributed by atoms with van der Waals surface area (Å²) >= 11 is 0. The molecule has 2 amide bonds. The smallest absolute Gasteiger partial charge is 0.242 e. The molecule has 1 rings (SSSR count). The van der Waals surface area contributed by atoms with Crippen LogP contribution in [-0.2, 0) is 16.1 Å². The van der Waals surface area contributed by atoms with Gasteiger partial charge in [-0.2, -0.15) is 0 Å². The van der Waals surface area contributed by atoms with Crippen molar-refractivity contribution in [3.63, 3.8) is 0 Å². The lowest BCUT2D eigenvalue weighted by atomic mass is 10.1. The average Bonchev–Trinajstić information content (AvgIpc) is 2.51. The number of nitrogens with one attached hydrogen (secondary N) is 1. The van der Waals surface area contributed by atoms with Gasteiger partial charge in [0.05, 0.1) is 7.11 Å². The van der Waals surface area contributed by atoms with Gasteiger partial charge in [-0.15, -0.1) is 0 Å². The largest absolute Gasteiger partial charge is 0.497 e. The molecule has 0 spiro atoms. The van der Waals surface area contributed by atoms with Crippen molar-refractivity contribution in [3.8, 4) is 5.75 Å². The third-order valence-corrected chi connectivity index (χ3v) is 3.31. The molecule has 1 N–H and O–H groups in total. The van der Waals surface area contributed by atoms with Gasteiger partial charge in [0.2, 0.25) is 11.8 Å². The number of ether oxygens (including phenoxy) is 1. The molecular weight excluding hydrogens is 268 g/mol. The molecular formula is C16H24N2O3. The van der Waals surface area contributed by atoms with E-state index in [9.17, 15) is 9.59 Å². The molecule has 0 saturated carbocycles. The number of benzene rings is 1. The molecule has 0 bridgehead atoms. The summed E-state index contributed by atoms with van der Waals surface area (Å²) in [4.78, 5) is 25.7. The highest BCUT2D eigenvalue weighted by atomic mass is 16.5. The number of methoxy groups -OCH3 is 1. The zero-order valence-electron chi connectivity index (χ0n) is 13.2. The van der Waals surface area contributed by atoms with Crippen LogP contribution in [0, 0.1) is 0 Å². The molecule has 0 heterocycles. The van der Waals surface area contributed by atoms with Crippen molar-refractivity contribution in [1.29, 1.82) is 0 Å². The Morgan fingerprint density at radius 2 is 2.05 bits per heavy atom. The fraction of sp³-hybridized carbons (Fsp3) is 0.500. The van der Waals surface area contributed by atoms with E-state index in [4.69, 9.17) is 4.74 Å². The molecule has 1 atom stereocenters. The van der Waals surface area contributed by atoms with Crippen LogP contribution < -0.4 is 10.1 Å². The molecule has 0 unspecified atom stereocenters. The fourth-order valence-electron chi connectivity index (χ4n) is 2.08. The van der Waals surface area contributed by atoms with Crippen molar-refractivity contribution in [2.75, 3.05) is 13.7 Å². The fourth-order valence-corrected chi connectivity index (χ4v) is 2.08. The predicted octanol–water partition coefficient (Wildman–Crippen LogP) is 1.96. The summed E-state index contributed by atoms with van der Waals surface area (Å²) in [6.45, 7) is 6.35. The Labute approximate surface area is 126 Å². The first-order valence-electron chi connectivity index (χ1n) is 7.23. The van der Waals surface area contributed by atoms with Crippen LogP contribution in [0.1, 0.15) is 32.8 Å². The highest BCUT2D eigenvalue weighted by Gasteiger charge is 2.24. The number of nitrogens with zero attached hydrogens (tertiary/aromatic N) is 1. The first-order chi connectivity index (χ1) is 10.0. The summed E-state index contributed by atoms with van der Waals surface area (Å²) in [7, 11) is 1.60. The second kappa shape index (κ2) is 8.29. The maximum Gasteiger partial charge on any atom is 0.242 e. The van der Waals surface area contributed by atoms with Crippen molar-refractivity contribution < 1.29 is 14.3 Å². The maximum absolute atomic E-state index is 12.1. The lowest BCUT2D eigenvalue weighted by Gasteiger charge is -2.28. The third-order valence-electron chi connectivity index (χ3n) is 3.31. The first-order valence-corrected chi connectivity index (χ1v) is 7.23. The topological polar surface area (TPSA) is 58.6 Å². The van der Waals surface area contributed by atoms with E-state index >= 15 is 0 Å². The summed E-state index contributed by atoms with van der Waals surface area (Å²) in [6, 6.07) is 7.02. The van der Waals surface area contributed by atoms with Gasteiger partial charge < -0.3 is 15.0 Å². The van der Waals surface area contributed by atoms with Crippen molar-refractivity contribution in [1.82, 2.24) is 10.2 Å². The van der Waals surface area contributed by atoms with Crippen LogP contribution in [0.2, 0.25) is 0 Å². The summed E-state index contributed by atoms with van der Waals surface area (Å²) < 4.78 is 5.19. The van der Waals surface area contributed by atoms with E-state index < -0.39 is 6.04 Å². The Hall–Kier alpha value is -2.04. The lowest BCUT2D eigenvalue weighted by Crippen LogP contribution is -2.47. The van der Waals surface area contributed by atoms with Gasteiger partial charge in [0.25, 0.3) is 0 Å². The predicted molar refractivity (Wildman–Crippen MR) is 82.0 cm³/mol. The number of carbonyl (C=O) groups excluding carboxylic acids is 2. The summed E-state index contributed by atoms with van der Waals surface area (Å²) in [5.41, 5.74) is 0.937. The molecule has 0 radical (unpaired) electrons. The zero-order valence-corrected chi connectivity index (χ0v) is 13.2. The van der Waals surface area contributed by atoms with Crippen molar-refractivity contribution >= 4 is 11.8 Å². The third kappa shape index (κ3) is 4.77. The van der Waals surface area contributed by atoms with Gasteiger partial charge in [-0.05, 0) is 31.5 Å². The molecule has 0 aliphatic heterocycles.